The van der Waals surface area contributed by atoms with Crippen LogP contribution in [-0.2, 0) is 11.2 Å². The number of amides is 1. The largest absolute Gasteiger partial charge is 0.510 e. The third-order valence-electron chi connectivity index (χ3n) is 5.72. The molecule has 1 aromatic rings. The molecule has 2 aliphatic heterocycles. The van der Waals surface area contributed by atoms with Crippen LogP contribution in [-0.4, -0.2) is 52.3 Å². The third kappa shape index (κ3) is 5.02. The Morgan fingerprint density at radius 2 is 2.06 bits per heavy atom. The third-order valence-corrected chi connectivity index (χ3v) is 6.04. The van der Waals surface area contributed by atoms with E-state index >= 15 is 0 Å². The Labute approximate surface area is 187 Å². The number of nitrogens with zero attached hydrogens (tertiary/aromatic N) is 3. The molecule has 1 aromatic carbocycles. The molecule has 0 spiro atoms. The maximum Gasteiger partial charge on any atom is 0.251 e. The minimum atomic E-state index is -0.252. The second-order valence-corrected chi connectivity index (χ2v) is 8.44. The first kappa shape index (κ1) is 21.2. The highest BCUT2D eigenvalue weighted by molar-refractivity contribution is 6.29. The summed E-state index contributed by atoms with van der Waals surface area (Å²) in [5.74, 6) is 0.588. The van der Waals surface area contributed by atoms with Gasteiger partial charge in [0.05, 0.1) is 24.8 Å². The number of rotatable bonds is 7. The lowest BCUT2D eigenvalue weighted by molar-refractivity contribution is -0.125. The van der Waals surface area contributed by atoms with Crippen LogP contribution in [0.15, 0.2) is 82.4 Å². The molecule has 1 amide bonds. The fourth-order valence-electron chi connectivity index (χ4n) is 4.08. The van der Waals surface area contributed by atoms with E-state index in [4.69, 9.17) is 16.7 Å². The summed E-state index contributed by atoms with van der Waals surface area (Å²) in [6, 6.07) is 10.0. The standard InChI is InChI=1S/C24H27ClN4O2/c1-17(26-13-12-18-6-3-2-4-7-18)29-16-22(28-15-21(30)14-23(28)31)24(27-29)19-8-5-9-20(25)11-10-19/h2-4,6-7,10-11,14,22,26,30H,1,5,8-9,12-13,15-16H2. The number of hydrazone groups is 1. The van der Waals surface area contributed by atoms with Crippen molar-refractivity contribution in [3.8, 4) is 0 Å². The predicted molar refractivity (Wildman–Crippen MR) is 124 cm³/mol. The molecule has 0 saturated carbocycles. The molecule has 0 fully saturated rings. The molecule has 31 heavy (non-hydrogen) atoms. The van der Waals surface area contributed by atoms with Crippen LogP contribution < -0.4 is 5.32 Å². The molecule has 7 heteroatoms. The van der Waals surface area contributed by atoms with E-state index in [0.29, 0.717) is 12.4 Å². The zero-order valence-corrected chi connectivity index (χ0v) is 18.2. The van der Waals surface area contributed by atoms with E-state index in [9.17, 15) is 9.90 Å². The first-order valence-electron chi connectivity index (χ1n) is 10.6. The molecule has 3 aliphatic rings. The van der Waals surface area contributed by atoms with Crippen molar-refractivity contribution in [3.63, 3.8) is 0 Å². The van der Waals surface area contributed by atoms with Crippen molar-refractivity contribution in [3.05, 3.63) is 82.9 Å². The maximum atomic E-state index is 12.5. The maximum absolute atomic E-state index is 12.5. The fourth-order valence-corrected chi connectivity index (χ4v) is 4.27. The van der Waals surface area contributed by atoms with Crippen LogP contribution in [0.4, 0.5) is 0 Å². The summed E-state index contributed by atoms with van der Waals surface area (Å²) in [6.07, 6.45) is 8.69. The highest BCUT2D eigenvalue weighted by Gasteiger charge is 2.38. The number of carbonyl (C=O) groups is 1. The molecule has 0 aromatic heterocycles. The average Bonchev–Trinajstić information content (AvgIpc) is 3.26. The average molecular weight is 439 g/mol. The Hall–Kier alpha value is -2.99. The van der Waals surface area contributed by atoms with Crippen molar-refractivity contribution in [1.29, 1.82) is 0 Å². The lowest BCUT2D eigenvalue weighted by atomic mass is 9.98. The van der Waals surface area contributed by atoms with E-state index in [2.05, 4.69) is 24.0 Å². The highest BCUT2D eigenvalue weighted by atomic mass is 35.5. The molecule has 1 aliphatic carbocycles. The Kier molecular flexibility index (Phi) is 6.47. The van der Waals surface area contributed by atoms with Gasteiger partial charge in [0.15, 0.2) is 0 Å². The van der Waals surface area contributed by atoms with Gasteiger partial charge in [0.25, 0.3) is 5.91 Å². The summed E-state index contributed by atoms with van der Waals surface area (Å²) in [5.41, 5.74) is 3.16. The van der Waals surface area contributed by atoms with Crippen LogP contribution in [0.1, 0.15) is 24.8 Å². The van der Waals surface area contributed by atoms with Gasteiger partial charge >= 0.3 is 0 Å². The zero-order chi connectivity index (χ0) is 21.8. The van der Waals surface area contributed by atoms with Crippen molar-refractivity contribution in [2.45, 2.75) is 31.7 Å². The van der Waals surface area contributed by atoms with Gasteiger partial charge in [0.2, 0.25) is 0 Å². The molecule has 2 heterocycles. The van der Waals surface area contributed by atoms with E-state index in [1.54, 1.807) is 4.90 Å². The summed E-state index contributed by atoms with van der Waals surface area (Å²) in [7, 11) is 0. The monoisotopic (exact) mass is 438 g/mol. The van der Waals surface area contributed by atoms with Crippen LogP contribution in [0, 0.1) is 0 Å². The van der Waals surface area contributed by atoms with Gasteiger partial charge in [0.1, 0.15) is 11.6 Å². The van der Waals surface area contributed by atoms with E-state index in [0.717, 1.165) is 48.5 Å². The predicted octanol–water partition coefficient (Wildman–Crippen LogP) is 3.85. The van der Waals surface area contributed by atoms with Crippen molar-refractivity contribution in [1.82, 2.24) is 15.2 Å². The summed E-state index contributed by atoms with van der Waals surface area (Å²) >= 11 is 6.22. The number of nitrogens with one attached hydrogen (secondary N) is 1. The molecule has 6 nitrogen and oxygen atoms in total. The number of hydrogen-bond donors (Lipinski definition) is 2. The van der Waals surface area contributed by atoms with Gasteiger partial charge < -0.3 is 15.3 Å². The minimum absolute atomic E-state index is 0.0837. The summed E-state index contributed by atoms with van der Waals surface area (Å²) in [6.45, 7) is 5.60. The molecular weight excluding hydrogens is 412 g/mol. The van der Waals surface area contributed by atoms with Gasteiger partial charge in [-0.25, -0.2) is 5.01 Å². The van der Waals surface area contributed by atoms with Gasteiger partial charge in [-0.05, 0) is 42.9 Å². The second-order valence-electron chi connectivity index (χ2n) is 7.95. The molecular formula is C24H27ClN4O2. The summed E-state index contributed by atoms with van der Waals surface area (Å²) in [5, 5.41) is 20.7. The molecule has 1 atom stereocenters. The van der Waals surface area contributed by atoms with Crippen LogP contribution in [0.25, 0.3) is 0 Å². The number of aliphatic hydroxyl groups is 1. The summed E-state index contributed by atoms with van der Waals surface area (Å²) in [4.78, 5) is 14.1. The quantitative estimate of drug-likeness (QED) is 0.678. The van der Waals surface area contributed by atoms with Crippen molar-refractivity contribution in [2.75, 3.05) is 19.6 Å². The number of aliphatic hydroxyl groups excluding tert-OH is 1. The van der Waals surface area contributed by atoms with Crippen molar-refractivity contribution < 1.29 is 9.90 Å². The smallest absolute Gasteiger partial charge is 0.251 e. The summed E-state index contributed by atoms with van der Waals surface area (Å²) < 4.78 is 0. The van der Waals surface area contributed by atoms with E-state index < -0.39 is 0 Å². The highest BCUT2D eigenvalue weighted by Crippen LogP contribution is 2.28. The molecule has 162 valence electrons. The van der Waals surface area contributed by atoms with Crippen LogP contribution >= 0.6 is 11.6 Å². The topological polar surface area (TPSA) is 68.2 Å². The number of hydrogen-bond acceptors (Lipinski definition) is 5. The van der Waals surface area contributed by atoms with Crippen LogP contribution in [0.5, 0.6) is 0 Å². The molecule has 0 saturated heterocycles. The van der Waals surface area contributed by atoms with Gasteiger partial charge in [-0.2, -0.15) is 5.10 Å². The number of benzene rings is 1. The molecule has 4 rings (SSSR count). The SMILES string of the molecule is C=C(NCCc1ccccc1)N1CC(N2CC(O)=CC2=O)C(C2=CC=C(Cl)CCC2)=N1. The van der Waals surface area contributed by atoms with Gasteiger partial charge in [-0.3, -0.25) is 4.79 Å². The molecule has 0 bridgehead atoms. The number of allylic oxidation sites excluding steroid dienone is 3. The number of halogens is 1. The van der Waals surface area contributed by atoms with Gasteiger partial charge in [-0.15, -0.1) is 0 Å². The number of carbonyl (C=O) groups excluding carboxylic acids is 1. The fraction of sp³-hybridized carbons (Fsp3) is 0.333. The van der Waals surface area contributed by atoms with E-state index in [-0.39, 0.29) is 24.3 Å². The van der Waals surface area contributed by atoms with E-state index in [1.165, 1.54) is 11.6 Å². The minimum Gasteiger partial charge on any atom is -0.510 e. The van der Waals surface area contributed by atoms with Crippen molar-refractivity contribution in [2.24, 2.45) is 5.10 Å². The van der Waals surface area contributed by atoms with Crippen LogP contribution in [0.2, 0.25) is 0 Å². The van der Waals surface area contributed by atoms with Crippen molar-refractivity contribution >= 4 is 23.2 Å². The Bertz CT molecular complexity index is 981. The zero-order valence-electron chi connectivity index (χ0n) is 17.4. The first-order valence-corrected chi connectivity index (χ1v) is 11.0. The molecule has 2 N–H and O–H groups in total. The molecule has 1 unspecified atom stereocenters. The lowest BCUT2D eigenvalue weighted by Crippen LogP contribution is -2.45. The lowest BCUT2D eigenvalue weighted by Gasteiger charge is -2.26. The van der Waals surface area contributed by atoms with E-state index in [1.807, 2.05) is 35.4 Å². The van der Waals surface area contributed by atoms with Crippen LogP contribution in [0.3, 0.4) is 0 Å². The Morgan fingerprint density at radius 3 is 2.81 bits per heavy atom. The molecule has 0 radical (unpaired) electrons. The first-order chi connectivity index (χ1) is 15.0. The van der Waals surface area contributed by atoms with Gasteiger partial charge in [0, 0.05) is 17.7 Å². The second kappa shape index (κ2) is 9.43. The normalized spacial score (nSPS) is 21.3. The Morgan fingerprint density at radius 1 is 1.26 bits per heavy atom. The van der Waals surface area contributed by atoms with Gasteiger partial charge in [-0.1, -0.05) is 54.6 Å². The Balaban J connectivity index is 1.48.